The summed E-state index contributed by atoms with van der Waals surface area (Å²) in [6.07, 6.45) is -3.50. The Morgan fingerprint density at radius 3 is 2.50 bits per heavy atom. The lowest BCUT2D eigenvalue weighted by Crippen LogP contribution is -2.15. The molecule has 0 bridgehead atoms. The molecule has 0 spiro atoms. The second-order valence-electron chi connectivity index (χ2n) is 5.72. The van der Waals surface area contributed by atoms with E-state index in [1.54, 1.807) is 6.07 Å². The van der Waals surface area contributed by atoms with Gasteiger partial charge in [0.25, 0.3) is 0 Å². The summed E-state index contributed by atoms with van der Waals surface area (Å²) in [5.74, 6) is 0. The highest BCUT2D eigenvalue weighted by molar-refractivity contribution is 7.07. The third-order valence-corrected chi connectivity index (χ3v) is 4.90. The normalized spacial score (nSPS) is 12.6. The van der Waals surface area contributed by atoms with Gasteiger partial charge in [-0.1, -0.05) is 36.7 Å². The van der Waals surface area contributed by atoms with Gasteiger partial charge in [0.2, 0.25) is 0 Å². The van der Waals surface area contributed by atoms with Crippen molar-refractivity contribution in [3.63, 3.8) is 0 Å². The number of aromatic nitrogens is 1. The zero-order chi connectivity index (χ0) is 18.7. The van der Waals surface area contributed by atoms with Crippen molar-refractivity contribution in [2.24, 2.45) is 4.99 Å². The van der Waals surface area contributed by atoms with Crippen LogP contribution in [-0.4, -0.2) is 4.57 Å². The van der Waals surface area contributed by atoms with E-state index in [1.807, 2.05) is 41.1 Å². The number of rotatable bonds is 4. The van der Waals surface area contributed by atoms with Crippen LogP contribution < -0.4 is 4.80 Å². The van der Waals surface area contributed by atoms with Crippen molar-refractivity contribution < 1.29 is 13.2 Å². The highest BCUT2D eigenvalue weighted by atomic mass is 35.5. The number of thiazole rings is 1. The van der Waals surface area contributed by atoms with Gasteiger partial charge in [-0.25, -0.2) is 4.99 Å². The first kappa shape index (κ1) is 18.7. The van der Waals surface area contributed by atoms with Crippen molar-refractivity contribution in [2.45, 2.75) is 26.1 Å². The highest BCUT2D eigenvalue weighted by Gasteiger charge is 2.30. The van der Waals surface area contributed by atoms with E-state index >= 15 is 0 Å². The molecule has 7 heteroatoms. The van der Waals surface area contributed by atoms with Gasteiger partial charge in [-0.3, -0.25) is 0 Å². The van der Waals surface area contributed by atoms with E-state index in [2.05, 4.69) is 4.99 Å². The van der Waals surface area contributed by atoms with E-state index in [9.17, 15) is 13.2 Å². The van der Waals surface area contributed by atoms with E-state index in [4.69, 9.17) is 11.6 Å². The first-order chi connectivity index (χ1) is 12.4. The summed E-state index contributed by atoms with van der Waals surface area (Å²) in [7, 11) is 0. The van der Waals surface area contributed by atoms with Gasteiger partial charge in [0.15, 0.2) is 4.80 Å². The Balaban J connectivity index is 2.08. The van der Waals surface area contributed by atoms with Crippen LogP contribution in [0.2, 0.25) is 5.02 Å². The highest BCUT2D eigenvalue weighted by Crippen LogP contribution is 2.31. The second-order valence-corrected chi connectivity index (χ2v) is 6.99. The van der Waals surface area contributed by atoms with Gasteiger partial charge >= 0.3 is 6.18 Å². The van der Waals surface area contributed by atoms with Crippen molar-refractivity contribution in [3.8, 4) is 11.3 Å². The fourth-order valence-electron chi connectivity index (χ4n) is 2.57. The lowest BCUT2D eigenvalue weighted by Gasteiger charge is -2.08. The van der Waals surface area contributed by atoms with E-state index in [0.717, 1.165) is 36.4 Å². The van der Waals surface area contributed by atoms with Gasteiger partial charge in [-0.2, -0.15) is 13.2 Å². The number of halogens is 4. The van der Waals surface area contributed by atoms with Gasteiger partial charge < -0.3 is 4.57 Å². The molecule has 0 saturated carbocycles. The SMILES string of the molecule is CCCn1c(-c2ccc(Cl)cc2)csc1=Nc1cccc(C(F)(F)F)c1. The van der Waals surface area contributed by atoms with Gasteiger partial charge in [-0.05, 0) is 42.3 Å². The van der Waals surface area contributed by atoms with Crippen LogP contribution in [0.4, 0.5) is 18.9 Å². The maximum Gasteiger partial charge on any atom is 0.416 e. The molecule has 0 saturated heterocycles. The summed E-state index contributed by atoms with van der Waals surface area (Å²) in [6, 6.07) is 12.5. The quantitative estimate of drug-likeness (QED) is 0.477. The summed E-state index contributed by atoms with van der Waals surface area (Å²) in [4.78, 5) is 5.12. The summed E-state index contributed by atoms with van der Waals surface area (Å²) >= 11 is 7.36. The molecule has 2 aromatic carbocycles. The molecular weight excluding hydrogens is 381 g/mol. The van der Waals surface area contributed by atoms with Gasteiger partial charge in [0.05, 0.1) is 16.9 Å². The fourth-order valence-corrected chi connectivity index (χ4v) is 3.65. The van der Waals surface area contributed by atoms with Crippen LogP contribution in [0.1, 0.15) is 18.9 Å². The molecule has 26 heavy (non-hydrogen) atoms. The molecule has 2 nitrogen and oxygen atoms in total. The van der Waals surface area contributed by atoms with E-state index in [0.29, 0.717) is 9.82 Å². The van der Waals surface area contributed by atoms with Crippen LogP contribution in [0.25, 0.3) is 11.3 Å². The molecule has 0 fully saturated rings. The second kappa shape index (κ2) is 7.68. The monoisotopic (exact) mass is 396 g/mol. The maximum atomic E-state index is 12.9. The average molecular weight is 397 g/mol. The van der Waals surface area contributed by atoms with E-state index in [1.165, 1.54) is 17.4 Å². The predicted molar refractivity (Wildman–Crippen MR) is 99.7 cm³/mol. The number of nitrogens with zero attached hydrogens (tertiary/aromatic N) is 2. The Kier molecular flexibility index (Phi) is 5.53. The fraction of sp³-hybridized carbons (Fsp3) is 0.211. The third kappa shape index (κ3) is 4.19. The Bertz CT molecular complexity index is 956. The van der Waals surface area contributed by atoms with E-state index < -0.39 is 11.7 Å². The Labute approximate surface area is 158 Å². The molecule has 3 aromatic rings. The van der Waals surface area contributed by atoms with Gasteiger partial charge in [-0.15, -0.1) is 11.3 Å². The van der Waals surface area contributed by atoms with Crippen LogP contribution in [0.15, 0.2) is 58.9 Å². The smallest absolute Gasteiger partial charge is 0.316 e. The zero-order valence-corrected chi connectivity index (χ0v) is 15.5. The molecule has 0 aliphatic heterocycles. The lowest BCUT2D eigenvalue weighted by atomic mass is 10.2. The number of hydrogen-bond acceptors (Lipinski definition) is 2. The summed E-state index contributed by atoms with van der Waals surface area (Å²) in [5, 5.41) is 2.62. The minimum Gasteiger partial charge on any atom is -0.316 e. The molecule has 3 rings (SSSR count). The van der Waals surface area contributed by atoms with Gasteiger partial charge in [0.1, 0.15) is 0 Å². The van der Waals surface area contributed by atoms with Crippen LogP contribution in [0, 0.1) is 0 Å². The minimum atomic E-state index is -4.38. The molecule has 0 aliphatic carbocycles. The first-order valence-corrected chi connectivity index (χ1v) is 9.30. The summed E-state index contributed by atoms with van der Waals surface area (Å²) < 4.78 is 40.8. The van der Waals surface area contributed by atoms with Crippen LogP contribution in [0.5, 0.6) is 0 Å². The predicted octanol–water partition coefficient (Wildman–Crippen LogP) is 6.53. The molecule has 1 aromatic heterocycles. The van der Waals surface area contributed by atoms with Gasteiger partial charge in [0, 0.05) is 16.9 Å². The number of benzene rings is 2. The minimum absolute atomic E-state index is 0.286. The van der Waals surface area contributed by atoms with Crippen LogP contribution in [0.3, 0.4) is 0 Å². The Morgan fingerprint density at radius 2 is 1.85 bits per heavy atom. The van der Waals surface area contributed by atoms with Crippen LogP contribution in [-0.2, 0) is 12.7 Å². The topological polar surface area (TPSA) is 17.3 Å². The summed E-state index contributed by atoms with van der Waals surface area (Å²) in [6.45, 7) is 2.77. The number of hydrogen-bond donors (Lipinski definition) is 0. The molecule has 0 unspecified atom stereocenters. The Hall–Kier alpha value is -2.05. The average Bonchev–Trinajstić information content (AvgIpc) is 2.98. The standard InChI is InChI=1S/C19H16ClF3N2S/c1-2-10-25-17(13-6-8-15(20)9-7-13)12-26-18(25)24-16-5-3-4-14(11-16)19(21,22)23/h3-9,11-12H,2,10H2,1H3. The van der Waals surface area contributed by atoms with Crippen LogP contribution >= 0.6 is 22.9 Å². The largest absolute Gasteiger partial charge is 0.416 e. The lowest BCUT2D eigenvalue weighted by molar-refractivity contribution is -0.137. The van der Waals surface area contributed by atoms with E-state index in [-0.39, 0.29) is 5.69 Å². The molecule has 0 N–H and O–H groups in total. The summed E-state index contributed by atoms with van der Waals surface area (Å²) in [5.41, 5.74) is 1.55. The zero-order valence-electron chi connectivity index (χ0n) is 13.9. The maximum absolute atomic E-state index is 12.9. The number of alkyl halides is 3. The molecule has 0 radical (unpaired) electrons. The molecular formula is C19H16ClF3N2S. The molecule has 0 atom stereocenters. The van der Waals surface area contributed by atoms with Crippen molar-refractivity contribution in [2.75, 3.05) is 0 Å². The Morgan fingerprint density at radius 1 is 1.12 bits per heavy atom. The molecule has 0 aliphatic rings. The van der Waals surface area contributed by atoms with Crippen molar-refractivity contribution in [3.05, 3.63) is 69.3 Å². The van der Waals surface area contributed by atoms with Crippen molar-refractivity contribution in [1.82, 2.24) is 4.57 Å². The van der Waals surface area contributed by atoms with Crippen molar-refractivity contribution >= 4 is 28.6 Å². The third-order valence-electron chi connectivity index (χ3n) is 3.78. The molecule has 0 amide bonds. The molecule has 136 valence electrons. The first-order valence-electron chi connectivity index (χ1n) is 8.04. The van der Waals surface area contributed by atoms with Crippen molar-refractivity contribution in [1.29, 1.82) is 0 Å². The molecule has 1 heterocycles.